The van der Waals surface area contributed by atoms with Crippen LogP contribution in [-0.2, 0) is 20.9 Å². The number of benzene rings is 1. The molecule has 3 rings (SSSR count). The molecule has 1 aromatic carbocycles. The first kappa shape index (κ1) is 21.0. The number of nitrogens with zero attached hydrogens (tertiary/aromatic N) is 3. The Balaban J connectivity index is 1.78. The molecule has 1 N–H and O–H groups in total. The minimum atomic E-state index is -0.845. The lowest BCUT2D eigenvalue weighted by Crippen LogP contribution is -2.57. The number of carbonyl (C=O) groups excluding carboxylic acids is 3. The number of rotatable bonds is 8. The van der Waals surface area contributed by atoms with Crippen LogP contribution in [0.4, 0.5) is 0 Å². The fourth-order valence-corrected chi connectivity index (χ4v) is 4.06. The number of hydrogen-bond donors (Lipinski definition) is 1. The molecule has 1 aliphatic rings. The molecular formula is C21H26N4O3S. The zero-order valence-electron chi connectivity index (χ0n) is 16.8. The lowest BCUT2D eigenvalue weighted by Gasteiger charge is -2.38. The molecule has 0 saturated carbocycles. The third-order valence-corrected chi connectivity index (χ3v) is 5.85. The second kappa shape index (κ2) is 9.65. The molecule has 0 spiro atoms. The van der Waals surface area contributed by atoms with E-state index in [1.54, 1.807) is 17.0 Å². The van der Waals surface area contributed by atoms with Crippen LogP contribution in [0.1, 0.15) is 42.1 Å². The molecule has 1 aliphatic heterocycles. The molecule has 3 amide bonds. The molecule has 2 aromatic rings. The second-order valence-electron chi connectivity index (χ2n) is 7.06. The monoisotopic (exact) mass is 414 g/mol. The third-order valence-electron chi connectivity index (χ3n) is 4.88. The van der Waals surface area contributed by atoms with Crippen LogP contribution in [0.15, 0.2) is 35.7 Å². The van der Waals surface area contributed by atoms with E-state index in [1.165, 1.54) is 16.2 Å². The Hall–Kier alpha value is -2.74. The summed E-state index contributed by atoms with van der Waals surface area (Å²) in [5.74, 6) is -1.47. The number of carbonyl (C=O) groups is 3. The lowest BCUT2D eigenvalue weighted by atomic mass is 10.0. The first-order chi connectivity index (χ1) is 14.0. The lowest BCUT2D eigenvalue weighted by molar-refractivity contribution is -0.159. The summed E-state index contributed by atoms with van der Waals surface area (Å²) in [6, 6.07) is 8.26. The van der Waals surface area contributed by atoms with Crippen molar-refractivity contribution in [3.63, 3.8) is 0 Å². The number of amides is 3. The van der Waals surface area contributed by atoms with Crippen LogP contribution in [0.5, 0.6) is 0 Å². The van der Waals surface area contributed by atoms with E-state index in [4.69, 9.17) is 0 Å². The fraction of sp³-hybridized carbons (Fsp3) is 0.429. The largest absolute Gasteiger partial charge is 0.347 e. The molecule has 1 aromatic heterocycles. The first-order valence-corrected chi connectivity index (χ1v) is 10.7. The molecule has 2 heterocycles. The molecular weight excluding hydrogens is 388 g/mol. The molecule has 1 saturated heterocycles. The third kappa shape index (κ3) is 5.00. The summed E-state index contributed by atoms with van der Waals surface area (Å²) < 4.78 is 0. The van der Waals surface area contributed by atoms with Gasteiger partial charge >= 0.3 is 11.8 Å². The molecule has 0 bridgehead atoms. The normalized spacial score (nSPS) is 15.5. The Kier molecular flexibility index (Phi) is 6.98. The van der Waals surface area contributed by atoms with Gasteiger partial charge in [0, 0.05) is 30.7 Å². The van der Waals surface area contributed by atoms with Crippen LogP contribution in [0.25, 0.3) is 0 Å². The van der Waals surface area contributed by atoms with Crippen LogP contribution in [0.3, 0.4) is 0 Å². The van der Waals surface area contributed by atoms with Gasteiger partial charge in [-0.15, -0.1) is 11.3 Å². The summed E-state index contributed by atoms with van der Waals surface area (Å²) in [6.45, 7) is 5.57. The van der Waals surface area contributed by atoms with Crippen molar-refractivity contribution in [2.45, 2.75) is 39.3 Å². The number of aromatic nitrogens is 1. The molecule has 0 unspecified atom stereocenters. The van der Waals surface area contributed by atoms with Gasteiger partial charge in [-0.1, -0.05) is 43.7 Å². The average Bonchev–Trinajstić information content (AvgIpc) is 3.15. The number of thiazole rings is 1. The Morgan fingerprint density at radius 2 is 1.97 bits per heavy atom. The van der Waals surface area contributed by atoms with E-state index in [0.29, 0.717) is 31.7 Å². The van der Waals surface area contributed by atoms with E-state index in [-0.39, 0.29) is 5.91 Å². The standard InChI is InChI=1S/C21H26N4O3S/c1-3-4-10-24-11-12-25(21(28)20(24)27)18(16-8-6-5-7-9-16)19(26)22-13-17-23-15(2)14-29-17/h5-9,14,18H,3-4,10-13H2,1-2H3,(H,22,26)/t18-/m1/s1. The average molecular weight is 415 g/mol. The number of nitrogens with one attached hydrogen (secondary N) is 1. The van der Waals surface area contributed by atoms with Crippen LogP contribution >= 0.6 is 11.3 Å². The highest BCUT2D eigenvalue weighted by Crippen LogP contribution is 2.24. The van der Waals surface area contributed by atoms with E-state index in [2.05, 4.69) is 10.3 Å². The molecule has 1 atom stereocenters. The molecule has 7 nitrogen and oxygen atoms in total. The van der Waals surface area contributed by atoms with Gasteiger partial charge < -0.3 is 15.1 Å². The van der Waals surface area contributed by atoms with Gasteiger partial charge in [0.25, 0.3) is 0 Å². The van der Waals surface area contributed by atoms with Gasteiger partial charge in [-0.3, -0.25) is 14.4 Å². The number of aryl methyl sites for hydroxylation is 1. The molecule has 0 radical (unpaired) electrons. The fourth-order valence-electron chi connectivity index (χ4n) is 3.35. The predicted molar refractivity (Wildman–Crippen MR) is 111 cm³/mol. The number of hydrogen-bond acceptors (Lipinski definition) is 5. The Morgan fingerprint density at radius 3 is 2.62 bits per heavy atom. The van der Waals surface area contributed by atoms with Crippen molar-refractivity contribution >= 4 is 29.1 Å². The van der Waals surface area contributed by atoms with Crippen LogP contribution in [0, 0.1) is 6.92 Å². The van der Waals surface area contributed by atoms with Crippen LogP contribution in [0.2, 0.25) is 0 Å². The first-order valence-electron chi connectivity index (χ1n) is 9.84. The molecule has 1 fully saturated rings. The van der Waals surface area contributed by atoms with E-state index in [9.17, 15) is 14.4 Å². The maximum atomic E-state index is 13.1. The van der Waals surface area contributed by atoms with Crippen LogP contribution in [-0.4, -0.2) is 52.1 Å². The number of unbranched alkanes of at least 4 members (excludes halogenated alkanes) is 1. The maximum Gasteiger partial charge on any atom is 0.313 e. The summed E-state index contributed by atoms with van der Waals surface area (Å²) >= 11 is 1.48. The highest BCUT2D eigenvalue weighted by Gasteiger charge is 2.39. The van der Waals surface area contributed by atoms with Crippen molar-refractivity contribution in [3.05, 3.63) is 52.0 Å². The van der Waals surface area contributed by atoms with Crippen molar-refractivity contribution in [3.8, 4) is 0 Å². The van der Waals surface area contributed by atoms with E-state index >= 15 is 0 Å². The van der Waals surface area contributed by atoms with Gasteiger partial charge in [0.2, 0.25) is 5.91 Å². The summed E-state index contributed by atoms with van der Waals surface area (Å²) in [4.78, 5) is 45.8. The van der Waals surface area contributed by atoms with Gasteiger partial charge in [0.1, 0.15) is 11.0 Å². The van der Waals surface area contributed by atoms with Crippen LogP contribution < -0.4 is 5.32 Å². The quantitative estimate of drug-likeness (QED) is 0.672. The smallest absolute Gasteiger partial charge is 0.313 e. The van der Waals surface area contributed by atoms with Gasteiger partial charge in [-0.2, -0.15) is 0 Å². The van der Waals surface area contributed by atoms with Gasteiger partial charge in [-0.25, -0.2) is 4.98 Å². The van der Waals surface area contributed by atoms with Crippen molar-refractivity contribution in [1.29, 1.82) is 0 Å². The summed E-state index contributed by atoms with van der Waals surface area (Å²) in [7, 11) is 0. The molecule has 0 aliphatic carbocycles. The van der Waals surface area contributed by atoms with Crippen molar-refractivity contribution in [1.82, 2.24) is 20.1 Å². The zero-order valence-corrected chi connectivity index (χ0v) is 17.6. The summed E-state index contributed by atoms with van der Waals surface area (Å²) in [6.07, 6.45) is 1.81. The van der Waals surface area contributed by atoms with Crippen molar-refractivity contribution in [2.75, 3.05) is 19.6 Å². The van der Waals surface area contributed by atoms with Crippen molar-refractivity contribution in [2.24, 2.45) is 0 Å². The Labute approximate surface area is 174 Å². The maximum absolute atomic E-state index is 13.1. The molecule has 154 valence electrons. The van der Waals surface area contributed by atoms with E-state index < -0.39 is 17.9 Å². The van der Waals surface area contributed by atoms with Gasteiger partial charge in [0.15, 0.2) is 0 Å². The number of piperazine rings is 1. The molecule has 8 heteroatoms. The minimum absolute atomic E-state index is 0.291. The highest BCUT2D eigenvalue weighted by molar-refractivity contribution is 7.09. The summed E-state index contributed by atoms with van der Waals surface area (Å²) in [5.41, 5.74) is 1.59. The Bertz CT molecular complexity index is 868. The van der Waals surface area contributed by atoms with Gasteiger partial charge in [0.05, 0.1) is 6.54 Å². The van der Waals surface area contributed by atoms with E-state index in [0.717, 1.165) is 23.5 Å². The summed E-state index contributed by atoms with van der Waals surface area (Å²) in [5, 5.41) is 5.60. The highest BCUT2D eigenvalue weighted by atomic mass is 32.1. The van der Waals surface area contributed by atoms with Crippen molar-refractivity contribution < 1.29 is 14.4 Å². The zero-order chi connectivity index (χ0) is 20.8. The predicted octanol–water partition coefficient (Wildman–Crippen LogP) is 2.28. The minimum Gasteiger partial charge on any atom is -0.347 e. The topological polar surface area (TPSA) is 82.6 Å². The SMILES string of the molecule is CCCCN1CCN([C@@H](C(=O)NCc2nc(C)cs2)c2ccccc2)C(=O)C1=O. The van der Waals surface area contributed by atoms with E-state index in [1.807, 2.05) is 37.4 Å². The molecule has 29 heavy (non-hydrogen) atoms. The van der Waals surface area contributed by atoms with Gasteiger partial charge in [-0.05, 0) is 18.9 Å². The second-order valence-corrected chi connectivity index (χ2v) is 8.00. The Morgan fingerprint density at radius 1 is 1.21 bits per heavy atom.